The number of hydrogen-bond donors (Lipinski definition) is 1. The Morgan fingerprint density at radius 2 is 2.00 bits per heavy atom. The zero-order chi connectivity index (χ0) is 19.8. The molecular formula is C20H20N4O5. The standard InChI is InChI=1S/C20H20N4O5/c25-19(17-12-28-14-4-1-2-5-15(14)29-17)21-9-10-23-20(26)24(13-7-8-13)18(22-23)16-6-3-11-27-16/h1-6,11,13,17H,7-10,12H2,(H,21,25). The summed E-state index contributed by atoms with van der Waals surface area (Å²) in [4.78, 5) is 25.2. The predicted octanol–water partition coefficient (Wildman–Crippen LogP) is 1.60. The molecule has 5 rings (SSSR count). The van der Waals surface area contributed by atoms with E-state index in [1.165, 1.54) is 4.68 Å². The van der Waals surface area contributed by atoms with E-state index in [2.05, 4.69) is 10.4 Å². The van der Waals surface area contributed by atoms with Crippen LogP contribution in [0.15, 0.2) is 51.9 Å². The third-order valence-electron chi connectivity index (χ3n) is 4.95. The van der Waals surface area contributed by atoms with Crippen molar-refractivity contribution in [1.29, 1.82) is 0 Å². The first kappa shape index (κ1) is 17.6. The average molecular weight is 396 g/mol. The maximum atomic E-state index is 12.7. The average Bonchev–Trinajstić information content (AvgIpc) is 3.32. The Bertz CT molecular complexity index is 1080. The molecule has 3 aromatic rings. The number of furan rings is 1. The maximum absolute atomic E-state index is 12.7. The van der Waals surface area contributed by atoms with Crippen molar-refractivity contribution in [2.24, 2.45) is 0 Å². The largest absolute Gasteiger partial charge is 0.485 e. The number of benzene rings is 1. The lowest BCUT2D eigenvalue weighted by atomic mass is 10.2. The first-order chi connectivity index (χ1) is 14.2. The number of ether oxygens (including phenoxy) is 2. The summed E-state index contributed by atoms with van der Waals surface area (Å²) in [5, 5.41) is 7.21. The molecule has 3 heterocycles. The highest BCUT2D eigenvalue weighted by Crippen LogP contribution is 2.36. The fourth-order valence-electron chi connectivity index (χ4n) is 3.35. The molecule has 1 unspecified atom stereocenters. The summed E-state index contributed by atoms with van der Waals surface area (Å²) in [6.45, 7) is 0.642. The summed E-state index contributed by atoms with van der Waals surface area (Å²) < 4.78 is 19.7. The van der Waals surface area contributed by atoms with Gasteiger partial charge in [-0.25, -0.2) is 9.48 Å². The van der Waals surface area contributed by atoms with Crippen LogP contribution in [-0.4, -0.2) is 39.5 Å². The van der Waals surface area contributed by atoms with Crippen molar-refractivity contribution >= 4 is 5.91 Å². The van der Waals surface area contributed by atoms with Gasteiger partial charge in [-0.2, -0.15) is 0 Å². The monoisotopic (exact) mass is 396 g/mol. The summed E-state index contributed by atoms with van der Waals surface area (Å²) >= 11 is 0. The van der Waals surface area contributed by atoms with Gasteiger partial charge in [0.05, 0.1) is 12.8 Å². The summed E-state index contributed by atoms with van der Waals surface area (Å²) in [5.74, 6) is 1.96. The molecule has 0 bridgehead atoms. The first-order valence-electron chi connectivity index (χ1n) is 9.60. The van der Waals surface area contributed by atoms with Crippen molar-refractivity contribution in [2.45, 2.75) is 31.5 Å². The third-order valence-corrected chi connectivity index (χ3v) is 4.95. The molecule has 9 heteroatoms. The van der Waals surface area contributed by atoms with Crippen LogP contribution in [0, 0.1) is 0 Å². The van der Waals surface area contributed by atoms with Gasteiger partial charge in [-0.1, -0.05) is 12.1 Å². The normalized spacial score (nSPS) is 17.9. The zero-order valence-electron chi connectivity index (χ0n) is 15.6. The molecule has 150 valence electrons. The molecule has 1 N–H and O–H groups in total. The highest BCUT2D eigenvalue weighted by molar-refractivity contribution is 5.81. The van der Waals surface area contributed by atoms with Crippen molar-refractivity contribution in [3.63, 3.8) is 0 Å². The number of rotatable bonds is 6. The van der Waals surface area contributed by atoms with E-state index in [-0.39, 0.29) is 37.3 Å². The summed E-state index contributed by atoms with van der Waals surface area (Å²) in [5.41, 5.74) is -0.195. The molecule has 0 saturated heterocycles. The predicted molar refractivity (Wildman–Crippen MR) is 102 cm³/mol. The molecule has 9 nitrogen and oxygen atoms in total. The second-order valence-corrected chi connectivity index (χ2v) is 7.06. The Morgan fingerprint density at radius 1 is 1.17 bits per heavy atom. The number of amides is 1. The molecule has 1 aliphatic carbocycles. The number of carbonyl (C=O) groups is 1. The molecule has 2 aliphatic rings. The van der Waals surface area contributed by atoms with Crippen molar-refractivity contribution in [2.75, 3.05) is 13.2 Å². The van der Waals surface area contributed by atoms with Crippen LogP contribution >= 0.6 is 0 Å². The first-order valence-corrected chi connectivity index (χ1v) is 9.60. The van der Waals surface area contributed by atoms with Crippen LogP contribution in [0.25, 0.3) is 11.6 Å². The van der Waals surface area contributed by atoms with Crippen LogP contribution < -0.4 is 20.5 Å². The Hall–Kier alpha value is -3.49. The molecule has 1 aromatic carbocycles. The molecule has 0 radical (unpaired) electrons. The van der Waals surface area contributed by atoms with Gasteiger partial charge >= 0.3 is 5.69 Å². The van der Waals surface area contributed by atoms with Gasteiger partial charge in [0.2, 0.25) is 11.9 Å². The number of para-hydroxylation sites is 2. The van der Waals surface area contributed by atoms with Crippen LogP contribution in [0.4, 0.5) is 0 Å². The Morgan fingerprint density at radius 3 is 2.76 bits per heavy atom. The van der Waals surface area contributed by atoms with E-state index < -0.39 is 6.10 Å². The van der Waals surface area contributed by atoms with Crippen molar-refractivity contribution in [3.8, 4) is 23.1 Å². The smallest absolute Gasteiger partial charge is 0.346 e. The highest BCUT2D eigenvalue weighted by atomic mass is 16.6. The Balaban J connectivity index is 1.24. The van der Waals surface area contributed by atoms with Crippen molar-refractivity contribution in [3.05, 3.63) is 53.1 Å². The molecule has 2 aromatic heterocycles. The second kappa shape index (κ2) is 7.16. The van der Waals surface area contributed by atoms with Crippen LogP contribution in [0.2, 0.25) is 0 Å². The molecular weight excluding hydrogens is 376 g/mol. The van der Waals surface area contributed by atoms with Crippen LogP contribution in [0.5, 0.6) is 11.5 Å². The third kappa shape index (κ3) is 3.39. The molecule has 29 heavy (non-hydrogen) atoms. The van der Waals surface area contributed by atoms with Gasteiger partial charge in [0.25, 0.3) is 5.91 Å². The van der Waals surface area contributed by atoms with E-state index >= 15 is 0 Å². The fourth-order valence-corrected chi connectivity index (χ4v) is 3.35. The van der Waals surface area contributed by atoms with Crippen LogP contribution in [0.1, 0.15) is 18.9 Å². The summed E-state index contributed by atoms with van der Waals surface area (Å²) in [7, 11) is 0. The number of nitrogens with zero attached hydrogens (tertiary/aromatic N) is 3. The number of carbonyl (C=O) groups excluding carboxylic acids is 1. The van der Waals surface area contributed by atoms with Gasteiger partial charge in [-0.3, -0.25) is 9.36 Å². The van der Waals surface area contributed by atoms with E-state index in [0.717, 1.165) is 12.8 Å². The number of hydrogen-bond acceptors (Lipinski definition) is 6. The number of aromatic nitrogens is 3. The Labute approximate surface area is 165 Å². The molecule has 1 atom stereocenters. The SMILES string of the molecule is O=C(NCCn1nc(-c2ccco2)n(C2CC2)c1=O)C1COc2ccccc2O1. The van der Waals surface area contributed by atoms with Crippen molar-refractivity contribution < 1.29 is 18.7 Å². The summed E-state index contributed by atoms with van der Waals surface area (Å²) in [6.07, 6.45) is 2.73. The molecule has 1 aliphatic heterocycles. The second-order valence-electron chi connectivity index (χ2n) is 7.06. The minimum atomic E-state index is -0.732. The molecule has 1 amide bonds. The maximum Gasteiger partial charge on any atom is 0.346 e. The van der Waals surface area contributed by atoms with E-state index in [1.807, 2.05) is 12.1 Å². The van der Waals surface area contributed by atoms with Gasteiger partial charge in [-0.15, -0.1) is 5.10 Å². The van der Waals surface area contributed by atoms with Gasteiger partial charge in [0, 0.05) is 12.6 Å². The van der Waals surface area contributed by atoms with Crippen LogP contribution in [0.3, 0.4) is 0 Å². The lowest BCUT2D eigenvalue weighted by molar-refractivity contribution is -0.130. The minimum absolute atomic E-state index is 0.141. The fraction of sp³-hybridized carbons (Fsp3) is 0.350. The van der Waals surface area contributed by atoms with Crippen LogP contribution in [-0.2, 0) is 11.3 Å². The Kier molecular flexibility index (Phi) is 4.34. The molecule has 1 saturated carbocycles. The quantitative estimate of drug-likeness (QED) is 0.679. The molecule has 1 fully saturated rings. The van der Waals surface area contributed by atoms with E-state index in [9.17, 15) is 9.59 Å². The molecule has 0 spiro atoms. The van der Waals surface area contributed by atoms with Gasteiger partial charge < -0.3 is 19.2 Å². The van der Waals surface area contributed by atoms with E-state index in [0.29, 0.717) is 23.1 Å². The zero-order valence-corrected chi connectivity index (χ0v) is 15.6. The summed E-state index contributed by atoms with van der Waals surface area (Å²) in [6, 6.07) is 10.9. The lowest BCUT2D eigenvalue weighted by Crippen LogP contribution is -2.45. The topological polar surface area (TPSA) is 101 Å². The van der Waals surface area contributed by atoms with Gasteiger partial charge in [0.15, 0.2) is 17.3 Å². The number of nitrogens with one attached hydrogen (secondary N) is 1. The minimum Gasteiger partial charge on any atom is -0.485 e. The van der Waals surface area contributed by atoms with Crippen molar-refractivity contribution in [1.82, 2.24) is 19.7 Å². The van der Waals surface area contributed by atoms with E-state index in [4.69, 9.17) is 13.9 Å². The van der Waals surface area contributed by atoms with E-state index in [1.54, 1.807) is 35.1 Å². The number of fused-ring (bicyclic) bond motifs is 1. The van der Waals surface area contributed by atoms with Gasteiger partial charge in [0.1, 0.15) is 6.61 Å². The van der Waals surface area contributed by atoms with Gasteiger partial charge in [-0.05, 0) is 37.1 Å². The lowest BCUT2D eigenvalue weighted by Gasteiger charge is -2.25. The highest BCUT2D eigenvalue weighted by Gasteiger charge is 2.31.